The second-order valence-electron chi connectivity index (χ2n) is 3.66. The molecule has 0 rings (SSSR count). The third-order valence-electron chi connectivity index (χ3n) is 2.17. The van der Waals surface area contributed by atoms with Crippen LogP contribution in [0.3, 0.4) is 0 Å². The van der Waals surface area contributed by atoms with Crippen LogP contribution in [0.15, 0.2) is 0 Å². The van der Waals surface area contributed by atoms with Crippen LogP contribution in [0, 0.1) is 0 Å². The molecule has 0 aliphatic heterocycles. The van der Waals surface area contributed by atoms with Crippen molar-refractivity contribution in [2.45, 2.75) is 63.9 Å². The highest BCUT2D eigenvalue weighted by molar-refractivity contribution is 4.48. The number of hydrogen-bond donors (Lipinski definition) is 4. The lowest BCUT2D eigenvalue weighted by Gasteiger charge is -2.04. The monoisotopic (exact) mass is 206 g/mol. The molecule has 4 N–H and O–H groups in total. The first kappa shape index (κ1) is 13.8. The van der Waals surface area contributed by atoms with Gasteiger partial charge in [-0.3, -0.25) is 0 Å². The van der Waals surface area contributed by atoms with Gasteiger partial charge >= 0.3 is 0 Å². The summed E-state index contributed by atoms with van der Waals surface area (Å²) in [7, 11) is 0. The number of rotatable bonds is 9. The van der Waals surface area contributed by atoms with E-state index in [0.29, 0.717) is 12.8 Å². The van der Waals surface area contributed by atoms with E-state index in [4.69, 9.17) is 20.4 Å². The van der Waals surface area contributed by atoms with Crippen molar-refractivity contribution in [3.8, 4) is 0 Å². The molecule has 0 radical (unpaired) electrons. The van der Waals surface area contributed by atoms with Crippen molar-refractivity contribution in [1.82, 2.24) is 0 Å². The zero-order valence-electron chi connectivity index (χ0n) is 8.60. The fourth-order valence-corrected chi connectivity index (χ4v) is 1.36. The van der Waals surface area contributed by atoms with E-state index in [1.807, 2.05) is 0 Å². The molecule has 0 saturated carbocycles. The molecule has 14 heavy (non-hydrogen) atoms. The molecule has 0 aromatic carbocycles. The predicted molar refractivity (Wildman–Crippen MR) is 53.4 cm³/mol. The van der Waals surface area contributed by atoms with E-state index in [1.54, 1.807) is 0 Å². The van der Waals surface area contributed by atoms with Crippen molar-refractivity contribution in [3.05, 3.63) is 0 Å². The average Bonchev–Trinajstić information content (AvgIpc) is 2.08. The lowest BCUT2D eigenvalue weighted by molar-refractivity contribution is -0.0478. The average molecular weight is 206 g/mol. The van der Waals surface area contributed by atoms with Crippen molar-refractivity contribution in [3.63, 3.8) is 0 Å². The van der Waals surface area contributed by atoms with Gasteiger partial charge in [-0.15, -0.1) is 0 Å². The predicted octanol–water partition coefficient (Wildman–Crippen LogP) is 0.729. The Bertz CT molecular complexity index is 101. The molecule has 0 atom stereocenters. The van der Waals surface area contributed by atoms with Gasteiger partial charge in [-0.25, -0.2) is 0 Å². The van der Waals surface area contributed by atoms with Gasteiger partial charge in [-0.2, -0.15) is 0 Å². The molecule has 4 heteroatoms. The lowest BCUT2D eigenvalue weighted by Crippen LogP contribution is -2.03. The topological polar surface area (TPSA) is 80.9 Å². The molecular weight excluding hydrogens is 184 g/mol. The van der Waals surface area contributed by atoms with Gasteiger partial charge in [0.15, 0.2) is 12.6 Å². The van der Waals surface area contributed by atoms with Crippen molar-refractivity contribution in [2.75, 3.05) is 0 Å². The molecule has 0 aliphatic carbocycles. The number of unbranched alkanes of at least 4 members (excludes halogenated alkanes) is 5. The minimum Gasteiger partial charge on any atom is -0.368 e. The molecule has 0 fully saturated rings. The molecule has 0 bridgehead atoms. The fourth-order valence-electron chi connectivity index (χ4n) is 1.36. The highest BCUT2D eigenvalue weighted by atomic mass is 16.5. The molecule has 0 heterocycles. The van der Waals surface area contributed by atoms with Gasteiger partial charge in [0, 0.05) is 0 Å². The summed E-state index contributed by atoms with van der Waals surface area (Å²) in [5.41, 5.74) is 0. The van der Waals surface area contributed by atoms with E-state index in [9.17, 15) is 0 Å². The van der Waals surface area contributed by atoms with Gasteiger partial charge in [0.2, 0.25) is 0 Å². The first-order valence-electron chi connectivity index (χ1n) is 5.35. The Morgan fingerprint density at radius 1 is 0.500 bits per heavy atom. The lowest BCUT2D eigenvalue weighted by atomic mass is 10.1. The number of aliphatic hydroxyl groups is 4. The van der Waals surface area contributed by atoms with E-state index in [1.165, 1.54) is 0 Å². The third-order valence-corrected chi connectivity index (χ3v) is 2.17. The summed E-state index contributed by atoms with van der Waals surface area (Å²) in [6.07, 6.45) is 4.45. The third kappa shape index (κ3) is 11.8. The van der Waals surface area contributed by atoms with Gasteiger partial charge in [-0.05, 0) is 25.7 Å². The first-order chi connectivity index (χ1) is 6.63. The normalized spacial score (nSPS) is 11.6. The van der Waals surface area contributed by atoms with E-state index < -0.39 is 12.6 Å². The summed E-state index contributed by atoms with van der Waals surface area (Å²) in [4.78, 5) is 0. The van der Waals surface area contributed by atoms with E-state index in [2.05, 4.69) is 0 Å². The standard InChI is InChI=1S/C10H22O4/c11-9(12)7-5-3-1-2-4-6-8-10(13)14/h9-14H,1-8H2. The zero-order valence-corrected chi connectivity index (χ0v) is 8.60. The van der Waals surface area contributed by atoms with Crippen molar-refractivity contribution in [2.24, 2.45) is 0 Å². The smallest absolute Gasteiger partial charge is 0.151 e. The van der Waals surface area contributed by atoms with Crippen LogP contribution in [-0.4, -0.2) is 33.0 Å². The van der Waals surface area contributed by atoms with E-state index in [-0.39, 0.29) is 0 Å². The molecular formula is C10H22O4. The van der Waals surface area contributed by atoms with Crippen LogP contribution in [0.2, 0.25) is 0 Å². The molecule has 0 saturated heterocycles. The van der Waals surface area contributed by atoms with Crippen LogP contribution in [0.4, 0.5) is 0 Å². The minimum atomic E-state index is -1.17. The molecule has 0 unspecified atom stereocenters. The van der Waals surface area contributed by atoms with E-state index >= 15 is 0 Å². The maximum absolute atomic E-state index is 8.55. The van der Waals surface area contributed by atoms with Crippen LogP contribution in [0.1, 0.15) is 51.4 Å². The van der Waals surface area contributed by atoms with Crippen molar-refractivity contribution < 1.29 is 20.4 Å². The zero-order chi connectivity index (χ0) is 10.8. The van der Waals surface area contributed by atoms with Crippen molar-refractivity contribution in [1.29, 1.82) is 0 Å². The van der Waals surface area contributed by atoms with Gasteiger partial charge in [0.1, 0.15) is 0 Å². The van der Waals surface area contributed by atoms with Gasteiger partial charge in [0.25, 0.3) is 0 Å². The molecule has 86 valence electrons. The summed E-state index contributed by atoms with van der Waals surface area (Å²) < 4.78 is 0. The van der Waals surface area contributed by atoms with Crippen LogP contribution in [-0.2, 0) is 0 Å². The number of hydrogen-bond acceptors (Lipinski definition) is 4. The maximum atomic E-state index is 8.55. The largest absolute Gasteiger partial charge is 0.368 e. The minimum absolute atomic E-state index is 0.454. The Kier molecular flexibility index (Phi) is 9.29. The molecule has 0 aromatic rings. The highest BCUT2D eigenvalue weighted by Gasteiger charge is 1.98. The Balaban J connectivity index is 2.92. The van der Waals surface area contributed by atoms with Crippen LogP contribution in [0.25, 0.3) is 0 Å². The second kappa shape index (κ2) is 9.40. The number of aliphatic hydroxyl groups excluding tert-OH is 2. The van der Waals surface area contributed by atoms with Crippen molar-refractivity contribution >= 4 is 0 Å². The van der Waals surface area contributed by atoms with Crippen LogP contribution < -0.4 is 0 Å². The van der Waals surface area contributed by atoms with Gasteiger partial charge in [0.05, 0.1) is 0 Å². The Morgan fingerprint density at radius 3 is 1.07 bits per heavy atom. The van der Waals surface area contributed by atoms with E-state index in [0.717, 1.165) is 38.5 Å². The summed E-state index contributed by atoms with van der Waals surface area (Å²) >= 11 is 0. The Morgan fingerprint density at radius 2 is 0.786 bits per heavy atom. The second-order valence-corrected chi connectivity index (χ2v) is 3.66. The highest BCUT2D eigenvalue weighted by Crippen LogP contribution is 2.09. The molecule has 4 nitrogen and oxygen atoms in total. The van der Waals surface area contributed by atoms with Crippen LogP contribution >= 0.6 is 0 Å². The summed E-state index contributed by atoms with van der Waals surface area (Å²) in [6.45, 7) is 0. The SMILES string of the molecule is OC(O)CCCCCCCCC(O)O. The van der Waals surface area contributed by atoms with Gasteiger partial charge < -0.3 is 20.4 Å². The summed E-state index contributed by atoms with van der Waals surface area (Å²) in [5, 5.41) is 34.2. The first-order valence-corrected chi connectivity index (χ1v) is 5.35. The summed E-state index contributed by atoms with van der Waals surface area (Å²) in [5.74, 6) is 0. The van der Waals surface area contributed by atoms with Gasteiger partial charge in [-0.1, -0.05) is 25.7 Å². The molecule has 0 aromatic heterocycles. The molecule has 0 aliphatic rings. The Labute approximate surface area is 85.2 Å². The van der Waals surface area contributed by atoms with Crippen LogP contribution in [0.5, 0.6) is 0 Å². The molecule has 0 spiro atoms. The maximum Gasteiger partial charge on any atom is 0.151 e. The molecule has 0 amide bonds. The quantitative estimate of drug-likeness (QED) is 0.331. The fraction of sp³-hybridized carbons (Fsp3) is 1.00. The Hall–Kier alpha value is -0.160. The summed E-state index contributed by atoms with van der Waals surface area (Å²) in [6, 6.07) is 0.